The van der Waals surface area contributed by atoms with Crippen LogP contribution in [0.5, 0.6) is 0 Å². The van der Waals surface area contributed by atoms with Crippen LogP contribution in [0.2, 0.25) is 0 Å². The summed E-state index contributed by atoms with van der Waals surface area (Å²) in [4.78, 5) is 50.6. The molecule has 2 fully saturated rings. The van der Waals surface area contributed by atoms with E-state index in [9.17, 15) is 31.9 Å². The molecular weight excluding hydrogens is 612 g/mol. The van der Waals surface area contributed by atoms with Gasteiger partial charge in [-0.1, -0.05) is 36.4 Å². The molecule has 2 N–H and O–H groups in total. The number of aromatic amines is 1. The molecule has 246 valence electrons. The molecule has 3 heterocycles. The number of nitrogens with zero attached hydrogens (tertiary/aromatic N) is 3. The monoisotopic (exact) mass is 646 g/mol. The molecule has 2 aliphatic heterocycles. The van der Waals surface area contributed by atoms with Crippen molar-refractivity contribution in [2.45, 2.75) is 44.7 Å². The fourth-order valence-electron chi connectivity index (χ4n) is 5.56. The van der Waals surface area contributed by atoms with E-state index in [1.807, 2.05) is 30.0 Å². The minimum atomic E-state index is -5.08. The summed E-state index contributed by atoms with van der Waals surface area (Å²) in [7, 11) is 0. The molecule has 1 aromatic heterocycles. The molecule has 0 aliphatic carbocycles. The number of benzene rings is 2. The third-order valence-corrected chi connectivity index (χ3v) is 8.44. The number of nitrogens with one attached hydrogen (secondary N) is 1. The van der Waals surface area contributed by atoms with Gasteiger partial charge in [-0.3, -0.25) is 14.4 Å². The van der Waals surface area contributed by atoms with Gasteiger partial charge < -0.3 is 19.6 Å². The molecule has 0 radical (unpaired) electrons. The predicted octanol–water partition coefficient (Wildman–Crippen LogP) is 3.78. The third kappa shape index (κ3) is 7.97. The van der Waals surface area contributed by atoms with Gasteiger partial charge in [0.2, 0.25) is 5.91 Å². The molecule has 0 bridgehead atoms. The Morgan fingerprint density at radius 1 is 1.02 bits per heavy atom. The first-order chi connectivity index (χ1) is 21.7. The van der Waals surface area contributed by atoms with Gasteiger partial charge in [-0.25, -0.2) is 14.3 Å². The number of hydrogen-bond acceptors (Lipinski definition) is 6. The number of ether oxygens (including phenoxy) is 1. The van der Waals surface area contributed by atoms with Crippen LogP contribution in [0.4, 0.5) is 17.6 Å². The number of alkyl halides is 3. The number of carboxylic acids is 1. The van der Waals surface area contributed by atoms with Crippen LogP contribution in [0, 0.1) is 19.7 Å². The third-order valence-electron chi connectivity index (χ3n) is 8.44. The van der Waals surface area contributed by atoms with Gasteiger partial charge in [0.05, 0.1) is 11.3 Å². The van der Waals surface area contributed by atoms with Crippen molar-refractivity contribution in [3.63, 3.8) is 0 Å². The Balaban J connectivity index is 0.000000617. The summed E-state index contributed by atoms with van der Waals surface area (Å²) < 4.78 is 52.2. The topological polar surface area (TPSA) is 133 Å². The predicted molar refractivity (Wildman–Crippen MR) is 158 cm³/mol. The summed E-state index contributed by atoms with van der Waals surface area (Å²) >= 11 is 0. The van der Waals surface area contributed by atoms with Gasteiger partial charge in [0.1, 0.15) is 12.4 Å². The molecule has 0 atom stereocenters. The maximum absolute atomic E-state index is 14.8. The van der Waals surface area contributed by atoms with Crippen molar-refractivity contribution in [1.82, 2.24) is 20.0 Å². The number of carboxylic acid groups (broad SMARTS) is 1. The number of carbonyl (C=O) groups is 3. The van der Waals surface area contributed by atoms with Crippen molar-refractivity contribution in [1.29, 1.82) is 0 Å². The van der Waals surface area contributed by atoms with E-state index in [1.54, 1.807) is 13.0 Å². The smallest absolute Gasteiger partial charge is 0.475 e. The number of halogens is 4. The second kappa shape index (κ2) is 14.2. The molecule has 5 rings (SSSR count). The maximum Gasteiger partial charge on any atom is 0.490 e. The first-order valence-corrected chi connectivity index (χ1v) is 14.6. The highest BCUT2D eigenvalue weighted by Gasteiger charge is 2.40. The van der Waals surface area contributed by atoms with Crippen LogP contribution in [0.25, 0.3) is 0 Å². The summed E-state index contributed by atoms with van der Waals surface area (Å²) in [5.41, 5.74) is 3.37. The van der Waals surface area contributed by atoms with Gasteiger partial charge in [0, 0.05) is 50.2 Å². The molecule has 2 aliphatic rings. The quantitative estimate of drug-likeness (QED) is 0.390. The van der Waals surface area contributed by atoms with Gasteiger partial charge in [-0.05, 0) is 55.5 Å². The summed E-state index contributed by atoms with van der Waals surface area (Å²) in [5.74, 6) is -4.04. The Morgan fingerprint density at radius 2 is 1.67 bits per heavy atom. The van der Waals surface area contributed by atoms with E-state index in [0.717, 1.165) is 18.4 Å². The molecular formula is C32H34F4N4O6. The zero-order valence-electron chi connectivity index (χ0n) is 25.3. The SMILES string of the molecule is Cc1c(Cc2ccc(F)c(C(=O)N3CCN(CC4(c5ccccc5)CCOCC4)C(=O)C3)c2)n[nH]c(=O)c1C.O=C(O)C(F)(F)F. The molecule has 0 unspecified atom stereocenters. The first-order valence-electron chi connectivity index (χ1n) is 14.6. The first kappa shape index (κ1) is 34.3. The van der Waals surface area contributed by atoms with Gasteiger partial charge in [0.15, 0.2) is 0 Å². The van der Waals surface area contributed by atoms with E-state index < -0.39 is 23.9 Å². The summed E-state index contributed by atoms with van der Waals surface area (Å²) in [6.45, 7) is 6.01. The average Bonchev–Trinajstić information content (AvgIpc) is 3.03. The second-order valence-electron chi connectivity index (χ2n) is 11.3. The Hall–Kier alpha value is -4.59. The summed E-state index contributed by atoms with van der Waals surface area (Å²) in [5, 5.41) is 13.7. The minimum absolute atomic E-state index is 0.0715. The fraction of sp³-hybridized carbons (Fsp3) is 0.406. The lowest BCUT2D eigenvalue weighted by Gasteiger charge is -2.44. The Kier molecular flexibility index (Phi) is 10.6. The molecule has 0 spiro atoms. The number of piperazine rings is 1. The van der Waals surface area contributed by atoms with Crippen LogP contribution in [-0.4, -0.2) is 88.5 Å². The van der Waals surface area contributed by atoms with Crippen LogP contribution < -0.4 is 5.56 Å². The van der Waals surface area contributed by atoms with Crippen LogP contribution in [0.3, 0.4) is 0 Å². The highest BCUT2D eigenvalue weighted by atomic mass is 19.4. The van der Waals surface area contributed by atoms with Gasteiger partial charge in [0.25, 0.3) is 11.5 Å². The summed E-state index contributed by atoms with van der Waals surface area (Å²) in [6.07, 6.45) is -3.10. The number of aliphatic carboxylic acids is 1. The average molecular weight is 647 g/mol. The highest BCUT2D eigenvalue weighted by molar-refractivity contribution is 5.97. The van der Waals surface area contributed by atoms with Crippen LogP contribution in [0.15, 0.2) is 53.3 Å². The zero-order valence-corrected chi connectivity index (χ0v) is 25.3. The molecule has 2 aromatic carbocycles. The van der Waals surface area contributed by atoms with Crippen LogP contribution >= 0.6 is 0 Å². The van der Waals surface area contributed by atoms with Crippen molar-refractivity contribution >= 4 is 17.8 Å². The molecule has 3 aromatic rings. The standard InChI is InChI=1S/C30H33FN4O4.C2HF3O2/c1-20-21(2)28(37)33-32-26(20)17-22-8-9-25(31)24(16-22)29(38)34-12-13-35(27(36)18-34)19-30(10-14-39-15-11-30)23-6-4-3-5-7-23;3-2(4,5)1(6)7/h3-9,16H,10-15,17-19H2,1-2H3,(H,33,37);(H,6,7). The second-order valence-corrected chi connectivity index (χ2v) is 11.3. The minimum Gasteiger partial charge on any atom is -0.475 e. The van der Waals surface area contributed by atoms with E-state index >= 15 is 0 Å². The van der Waals surface area contributed by atoms with Crippen molar-refractivity contribution in [2.24, 2.45) is 0 Å². The van der Waals surface area contributed by atoms with Crippen molar-refractivity contribution in [3.05, 3.63) is 98.2 Å². The molecule has 46 heavy (non-hydrogen) atoms. The normalized spacial score (nSPS) is 16.4. The maximum atomic E-state index is 14.8. The molecule has 0 saturated carbocycles. The van der Waals surface area contributed by atoms with E-state index in [-0.39, 0.29) is 29.0 Å². The lowest BCUT2D eigenvalue weighted by Crippen LogP contribution is -2.56. The number of aromatic nitrogens is 2. The van der Waals surface area contributed by atoms with Gasteiger partial charge in [-0.2, -0.15) is 18.3 Å². The number of hydrogen-bond donors (Lipinski definition) is 2. The highest BCUT2D eigenvalue weighted by Crippen LogP contribution is 2.36. The van der Waals surface area contributed by atoms with E-state index in [2.05, 4.69) is 22.3 Å². The number of rotatable bonds is 6. The van der Waals surface area contributed by atoms with Crippen molar-refractivity contribution in [3.8, 4) is 0 Å². The zero-order chi connectivity index (χ0) is 33.6. The van der Waals surface area contributed by atoms with Crippen LogP contribution in [-0.2, 0) is 26.2 Å². The van der Waals surface area contributed by atoms with Gasteiger partial charge >= 0.3 is 12.1 Å². The molecule has 10 nitrogen and oxygen atoms in total. The largest absolute Gasteiger partial charge is 0.490 e. The summed E-state index contributed by atoms with van der Waals surface area (Å²) in [6, 6.07) is 14.6. The van der Waals surface area contributed by atoms with Gasteiger partial charge in [-0.15, -0.1) is 0 Å². The molecule has 2 amide bonds. The Morgan fingerprint density at radius 3 is 2.28 bits per heavy atom. The van der Waals surface area contributed by atoms with E-state index in [0.29, 0.717) is 56.1 Å². The van der Waals surface area contributed by atoms with Crippen molar-refractivity contribution in [2.75, 3.05) is 39.4 Å². The van der Waals surface area contributed by atoms with Crippen LogP contribution in [0.1, 0.15) is 51.1 Å². The number of H-pyrrole nitrogens is 1. The lowest BCUT2D eigenvalue weighted by atomic mass is 9.73. The van der Waals surface area contributed by atoms with E-state index in [4.69, 9.17) is 14.6 Å². The number of carbonyl (C=O) groups excluding carboxylic acids is 2. The lowest BCUT2D eigenvalue weighted by molar-refractivity contribution is -0.192. The fourth-order valence-corrected chi connectivity index (χ4v) is 5.56. The Bertz CT molecular complexity index is 1640. The molecule has 14 heteroatoms. The van der Waals surface area contributed by atoms with E-state index in [1.165, 1.54) is 22.6 Å². The molecule has 2 saturated heterocycles. The Labute approximate surface area is 262 Å². The van der Waals surface area contributed by atoms with Crippen molar-refractivity contribution < 1.29 is 41.8 Å². The number of amides is 2.